The van der Waals surface area contributed by atoms with Crippen molar-refractivity contribution in [1.29, 1.82) is 0 Å². The summed E-state index contributed by atoms with van der Waals surface area (Å²) in [6.07, 6.45) is 9.29. The second kappa shape index (κ2) is 8.36. The molecule has 0 radical (unpaired) electrons. The van der Waals surface area contributed by atoms with Gasteiger partial charge in [0.25, 0.3) is 0 Å². The summed E-state index contributed by atoms with van der Waals surface area (Å²) in [5.41, 5.74) is 1.36. The number of fused-ring (bicyclic) bond motifs is 1. The Kier molecular flexibility index (Phi) is 6.39. The molecule has 3 heterocycles. The second-order valence-electron chi connectivity index (χ2n) is 7.83. The first-order valence-corrected chi connectivity index (χ1v) is 10.5. The summed E-state index contributed by atoms with van der Waals surface area (Å²) in [7, 11) is 0. The maximum atomic E-state index is 13.0. The SMILES string of the molecule is C[C@H]1C[C@@H](C(=O)N2CCCC(c3nc4c(s3)CCCC4)C2)CCN1.Cl. The molecule has 4 nitrogen and oxygen atoms in total. The van der Waals surface area contributed by atoms with Gasteiger partial charge in [0.1, 0.15) is 0 Å². The molecule has 2 fully saturated rings. The highest BCUT2D eigenvalue weighted by Crippen LogP contribution is 2.35. The Labute approximate surface area is 161 Å². The van der Waals surface area contributed by atoms with Gasteiger partial charge < -0.3 is 10.2 Å². The minimum atomic E-state index is 0. The van der Waals surface area contributed by atoms with E-state index in [1.807, 2.05) is 11.3 Å². The van der Waals surface area contributed by atoms with Gasteiger partial charge >= 0.3 is 0 Å². The number of amides is 1. The summed E-state index contributed by atoms with van der Waals surface area (Å²) in [5.74, 6) is 1.09. The van der Waals surface area contributed by atoms with Gasteiger partial charge in [-0.05, 0) is 64.8 Å². The van der Waals surface area contributed by atoms with Crippen LogP contribution in [0.5, 0.6) is 0 Å². The minimum Gasteiger partial charge on any atom is -0.342 e. The Morgan fingerprint density at radius 2 is 2.08 bits per heavy atom. The first-order chi connectivity index (χ1) is 11.7. The van der Waals surface area contributed by atoms with E-state index in [1.165, 1.54) is 41.3 Å². The molecule has 2 saturated heterocycles. The lowest BCUT2D eigenvalue weighted by atomic mass is 9.90. The van der Waals surface area contributed by atoms with Crippen LogP contribution >= 0.6 is 23.7 Å². The summed E-state index contributed by atoms with van der Waals surface area (Å²) >= 11 is 1.93. The van der Waals surface area contributed by atoms with Crippen LogP contribution in [0.25, 0.3) is 0 Å². The second-order valence-corrected chi connectivity index (χ2v) is 8.94. The molecule has 1 aromatic rings. The molecule has 140 valence electrons. The average Bonchev–Trinajstić information content (AvgIpc) is 3.05. The van der Waals surface area contributed by atoms with E-state index < -0.39 is 0 Å². The lowest BCUT2D eigenvalue weighted by molar-refractivity contribution is -0.138. The van der Waals surface area contributed by atoms with Gasteiger partial charge in [0.2, 0.25) is 5.91 Å². The van der Waals surface area contributed by atoms with Crippen molar-refractivity contribution in [3.63, 3.8) is 0 Å². The number of thiazole rings is 1. The number of carbonyl (C=O) groups is 1. The molecule has 2 aliphatic heterocycles. The fraction of sp³-hybridized carbons (Fsp3) is 0.789. The zero-order chi connectivity index (χ0) is 16.5. The van der Waals surface area contributed by atoms with Gasteiger partial charge in [0.05, 0.1) is 10.7 Å². The first kappa shape index (κ1) is 19.1. The van der Waals surface area contributed by atoms with Crippen LogP contribution in [-0.2, 0) is 17.6 Å². The van der Waals surface area contributed by atoms with Crippen LogP contribution in [0.4, 0.5) is 0 Å². The van der Waals surface area contributed by atoms with E-state index in [-0.39, 0.29) is 18.3 Å². The molecule has 0 aromatic carbocycles. The van der Waals surface area contributed by atoms with E-state index in [4.69, 9.17) is 4.98 Å². The van der Waals surface area contributed by atoms with Crippen molar-refractivity contribution in [2.45, 2.75) is 70.3 Å². The lowest BCUT2D eigenvalue weighted by Crippen LogP contribution is -2.47. The quantitative estimate of drug-likeness (QED) is 0.849. The number of rotatable bonds is 2. The molecule has 0 saturated carbocycles. The fourth-order valence-electron chi connectivity index (χ4n) is 4.54. The van der Waals surface area contributed by atoms with Crippen LogP contribution in [0.2, 0.25) is 0 Å². The molecule has 6 heteroatoms. The average molecular weight is 384 g/mol. The van der Waals surface area contributed by atoms with E-state index in [9.17, 15) is 4.79 Å². The van der Waals surface area contributed by atoms with Crippen molar-refractivity contribution in [2.24, 2.45) is 5.92 Å². The minimum absolute atomic E-state index is 0. The number of piperidine rings is 2. The van der Waals surface area contributed by atoms with Crippen molar-refractivity contribution >= 4 is 29.7 Å². The van der Waals surface area contributed by atoms with Gasteiger partial charge in [-0.25, -0.2) is 4.98 Å². The normalized spacial score (nSPS) is 29.6. The van der Waals surface area contributed by atoms with Gasteiger partial charge in [0, 0.05) is 35.8 Å². The van der Waals surface area contributed by atoms with Crippen LogP contribution in [0.15, 0.2) is 0 Å². The van der Waals surface area contributed by atoms with E-state index >= 15 is 0 Å². The van der Waals surface area contributed by atoms with Crippen molar-refractivity contribution in [1.82, 2.24) is 15.2 Å². The third kappa shape index (κ3) is 4.20. The number of nitrogens with zero attached hydrogens (tertiary/aromatic N) is 2. The Bertz CT molecular complexity index is 582. The largest absolute Gasteiger partial charge is 0.342 e. The summed E-state index contributed by atoms with van der Waals surface area (Å²) in [6, 6.07) is 0.471. The Balaban J connectivity index is 0.00000182. The molecule has 25 heavy (non-hydrogen) atoms. The Morgan fingerprint density at radius 3 is 2.88 bits per heavy atom. The molecule has 3 aliphatic rings. The lowest BCUT2D eigenvalue weighted by Gasteiger charge is -2.36. The third-order valence-electron chi connectivity index (χ3n) is 5.92. The van der Waals surface area contributed by atoms with Crippen LogP contribution in [0.3, 0.4) is 0 Å². The standard InChI is InChI=1S/C19H29N3OS.ClH/c1-13-11-14(8-9-20-13)19(23)22-10-4-5-15(12-22)18-21-16-6-2-3-7-17(16)24-18;/h13-15,20H,2-12H2,1H3;1H/t13-,14-,15?;/m0./s1. The topological polar surface area (TPSA) is 45.2 Å². The van der Waals surface area contributed by atoms with Gasteiger partial charge in [-0.15, -0.1) is 23.7 Å². The van der Waals surface area contributed by atoms with Gasteiger partial charge in [-0.3, -0.25) is 4.79 Å². The molecule has 1 N–H and O–H groups in total. The highest BCUT2D eigenvalue weighted by atomic mass is 35.5. The smallest absolute Gasteiger partial charge is 0.225 e. The molecular weight excluding hydrogens is 354 g/mol. The number of nitrogens with one attached hydrogen (secondary N) is 1. The van der Waals surface area contributed by atoms with Crippen LogP contribution < -0.4 is 5.32 Å². The number of aromatic nitrogens is 1. The molecule has 4 rings (SSSR count). The maximum absolute atomic E-state index is 13.0. The van der Waals surface area contributed by atoms with Gasteiger partial charge in [0.15, 0.2) is 0 Å². The van der Waals surface area contributed by atoms with Crippen molar-refractivity contribution in [2.75, 3.05) is 19.6 Å². The highest BCUT2D eigenvalue weighted by Gasteiger charge is 2.33. The van der Waals surface area contributed by atoms with Crippen LogP contribution in [0.1, 0.15) is 66.9 Å². The van der Waals surface area contributed by atoms with E-state index in [2.05, 4.69) is 17.1 Å². The molecule has 1 aromatic heterocycles. The Hall–Kier alpha value is -0.650. The van der Waals surface area contributed by atoms with Crippen LogP contribution in [-0.4, -0.2) is 41.5 Å². The first-order valence-electron chi connectivity index (χ1n) is 9.71. The summed E-state index contributed by atoms with van der Waals surface area (Å²) in [6.45, 7) is 5.01. The van der Waals surface area contributed by atoms with Crippen LogP contribution in [0, 0.1) is 5.92 Å². The number of hydrogen-bond donors (Lipinski definition) is 1. The molecule has 0 bridgehead atoms. The predicted octanol–water partition coefficient (Wildman–Crippen LogP) is 3.54. The number of aryl methyl sites for hydroxylation is 2. The number of halogens is 1. The summed E-state index contributed by atoms with van der Waals surface area (Å²) in [4.78, 5) is 21.6. The third-order valence-corrected chi connectivity index (χ3v) is 7.24. The summed E-state index contributed by atoms with van der Waals surface area (Å²) in [5, 5.41) is 4.76. The number of hydrogen-bond acceptors (Lipinski definition) is 4. The highest BCUT2D eigenvalue weighted by molar-refractivity contribution is 7.11. The zero-order valence-corrected chi connectivity index (χ0v) is 16.8. The van der Waals surface area contributed by atoms with Gasteiger partial charge in [-0.1, -0.05) is 0 Å². The molecular formula is C19H30ClN3OS. The molecule has 3 atom stereocenters. The maximum Gasteiger partial charge on any atom is 0.225 e. The van der Waals surface area contributed by atoms with E-state index in [0.717, 1.165) is 45.3 Å². The number of carbonyl (C=O) groups excluding carboxylic acids is 1. The van der Waals surface area contributed by atoms with E-state index in [1.54, 1.807) is 0 Å². The predicted molar refractivity (Wildman–Crippen MR) is 105 cm³/mol. The molecule has 0 spiro atoms. The molecule has 1 unspecified atom stereocenters. The molecule has 1 aliphatic carbocycles. The molecule has 1 amide bonds. The van der Waals surface area contributed by atoms with Gasteiger partial charge in [-0.2, -0.15) is 0 Å². The van der Waals surface area contributed by atoms with Crippen molar-refractivity contribution < 1.29 is 4.79 Å². The number of likely N-dealkylation sites (tertiary alicyclic amines) is 1. The fourth-order valence-corrected chi connectivity index (χ4v) is 5.82. The Morgan fingerprint density at radius 1 is 1.24 bits per heavy atom. The zero-order valence-electron chi connectivity index (χ0n) is 15.1. The summed E-state index contributed by atoms with van der Waals surface area (Å²) < 4.78 is 0. The monoisotopic (exact) mass is 383 g/mol. The van der Waals surface area contributed by atoms with Crippen molar-refractivity contribution in [3.8, 4) is 0 Å². The van der Waals surface area contributed by atoms with Crippen molar-refractivity contribution in [3.05, 3.63) is 15.6 Å². The van der Waals surface area contributed by atoms with E-state index in [0.29, 0.717) is 17.9 Å².